The van der Waals surface area contributed by atoms with Gasteiger partial charge in [0.15, 0.2) is 6.10 Å². The van der Waals surface area contributed by atoms with Crippen LogP contribution in [0.25, 0.3) is 0 Å². The van der Waals surface area contributed by atoms with Gasteiger partial charge in [0.05, 0.1) is 6.61 Å². The highest BCUT2D eigenvalue weighted by Crippen LogP contribution is 2.24. The van der Waals surface area contributed by atoms with E-state index in [-0.39, 0.29) is 0 Å². The molecule has 1 atom stereocenters. The van der Waals surface area contributed by atoms with Gasteiger partial charge in [0.1, 0.15) is 23.0 Å². The highest BCUT2D eigenvalue weighted by Gasteiger charge is 2.40. The second-order valence-electron chi connectivity index (χ2n) is 1.57. The van der Waals surface area contributed by atoms with Crippen molar-refractivity contribution in [1.29, 1.82) is 0 Å². The normalized spacial score (nSPS) is 15.3. The molecule has 0 aliphatic carbocycles. The van der Waals surface area contributed by atoms with Crippen LogP contribution in [0, 0.1) is 0 Å². The van der Waals surface area contributed by atoms with Crippen molar-refractivity contribution in [2.45, 2.75) is 12.3 Å². The predicted octanol–water partition coefficient (Wildman–Crippen LogP) is 1.93. The maximum atomic E-state index is 11.7. The molecule has 0 aliphatic rings. The Morgan fingerprint density at radius 1 is 1.50 bits per heavy atom. The Morgan fingerprint density at radius 2 is 2.00 bits per heavy atom. The van der Waals surface area contributed by atoms with E-state index < -0.39 is 18.9 Å². The molecule has 0 aliphatic heterocycles. The fraction of sp³-hybridized carbons (Fsp3) is 1.00. The quantitative estimate of drug-likeness (QED) is 0.729. The summed E-state index contributed by atoms with van der Waals surface area (Å²) in [7, 11) is 1.19. The summed E-state index contributed by atoms with van der Waals surface area (Å²) in [4.78, 5) is 0. The molecular weight excluding hydrogens is 264 g/mol. The lowest BCUT2D eigenvalue weighted by atomic mass is 10.4. The zero-order valence-corrected chi connectivity index (χ0v) is 7.27. The Kier molecular flexibility index (Phi) is 4.54. The third-order valence-corrected chi connectivity index (χ3v) is 1.40. The molecule has 0 aromatic rings. The summed E-state index contributed by atoms with van der Waals surface area (Å²) in [6.45, 7) is -0.466. The van der Waals surface area contributed by atoms with Crippen molar-refractivity contribution in [1.82, 2.24) is 0 Å². The van der Waals surface area contributed by atoms with Crippen molar-refractivity contribution in [2.75, 3.05) is 13.7 Å². The first-order valence-electron chi connectivity index (χ1n) is 2.35. The molecule has 6 heteroatoms. The second kappa shape index (κ2) is 4.35. The van der Waals surface area contributed by atoms with Gasteiger partial charge in [-0.3, -0.25) is 0 Å². The molecule has 0 aromatic carbocycles. The molecule has 0 N–H and O–H groups in total. The van der Waals surface area contributed by atoms with Crippen molar-refractivity contribution in [3.8, 4) is 0 Å². The van der Waals surface area contributed by atoms with Crippen LogP contribution in [-0.4, -0.2) is 26.0 Å². The van der Waals surface area contributed by atoms with E-state index in [0.717, 1.165) is 0 Å². The number of methoxy groups -OCH3 is 1. The smallest absolute Gasteiger partial charge is 0.382 e. The van der Waals surface area contributed by atoms with E-state index in [2.05, 4.69) is 7.80 Å². The molecule has 0 radical (unpaired) electrons. The largest absolute Gasteiger partial charge is 0.417 e. The molecular formula is C4H6F3IO2. The fourth-order valence-corrected chi connectivity index (χ4v) is 0.757. The van der Waals surface area contributed by atoms with E-state index in [4.69, 9.17) is 0 Å². The van der Waals surface area contributed by atoms with Crippen LogP contribution in [-0.2, 0) is 7.80 Å². The van der Waals surface area contributed by atoms with Crippen molar-refractivity contribution < 1.29 is 21.0 Å². The van der Waals surface area contributed by atoms with Gasteiger partial charge in [-0.2, -0.15) is 13.2 Å². The fourth-order valence-electron chi connectivity index (χ4n) is 0.322. The van der Waals surface area contributed by atoms with Crippen LogP contribution in [0.2, 0.25) is 0 Å². The van der Waals surface area contributed by atoms with Crippen LogP contribution in [0.3, 0.4) is 0 Å². The Morgan fingerprint density at radius 3 is 2.10 bits per heavy atom. The highest BCUT2D eigenvalue weighted by atomic mass is 127. The minimum Gasteiger partial charge on any atom is -0.382 e. The van der Waals surface area contributed by atoms with Gasteiger partial charge in [-0.25, -0.2) is 0 Å². The van der Waals surface area contributed by atoms with E-state index in [1.807, 2.05) is 0 Å². The van der Waals surface area contributed by atoms with Crippen molar-refractivity contribution in [2.24, 2.45) is 0 Å². The zero-order chi connectivity index (χ0) is 8.20. The molecule has 0 rings (SSSR count). The third-order valence-electron chi connectivity index (χ3n) is 0.791. The number of halogens is 4. The van der Waals surface area contributed by atoms with Crippen LogP contribution < -0.4 is 0 Å². The molecule has 62 valence electrons. The van der Waals surface area contributed by atoms with Crippen molar-refractivity contribution in [3.05, 3.63) is 0 Å². The average molecular weight is 270 g/mol. The lowest BCUT2D eigenvalue weighted by Gasteiger charge is -2.15. The average Bonchev–Trinajstić information content (AvgIpc) is 1.80. The van der Waals surface area contributed by atoms with Gasteiger partial charge in [-0.15, -0.1) is 0 Å². The highest BCUT2D eigenvalue weighted by molar-refractivity contribution is 14.1. The van der Waals surface area contributed by atoms with Crippen LogP contribution in [0.15, 0.2) is 0 Å². The predicted molar refractivity (Wildman–Crippen MR) is 36.8 cm³/mol. The topological polar surface area (TPSA) is 18.5 Å². The summed E-state index contributed by atoms with van der Waals surface area (Å²) in [6.07, 6.45) is -6.16. The molecule has 0 heterocycles. The zero-order valence-electron chi connectivity index (χ0n) is 5.11. The minimum atomic E-state index is -4.34. The summed E-state index contributed by atoms with van der Waals surface area (Å²) in [6, 6.07) is 0. The molecule has 0 saturated heterocycles. The monoisotopic (exact) mass is 270 g/mol. The van der Waals surface area contributed by atoms with E-state index in [0.29, 0.717) is 0 Å². The molecule has 0 amide bonds. The molecule has 0 saturated carbocycles. The SMILES string of the molecule is COC[C@@H](OI)C(F)(F)F. The van der Waals surface area contributed by atoms with Gasteiger partial charge in [-0.05, 0) is 0 Å². The van der Waals surface area contributed by atoms with Crippen molar-refractivity contribution >= 4 is 23.0 Å². The van der Waals surface area contributed by atoms with Gasteiger partial charge < -0.3 is 7.80 Å². The Labute approximate surface area is 70.4 Å². The molecule has 10 heavy (non-hydrogen) atoms. The number of hydrogen-bond donors (Lipinski definition) is 0. The maximum absolute atomic E-state index is 11.7. The van der Waals surface area contributed by atoms with E-state index in [1.165, 1.54) is 30.1 Å². The van der Waals surface area contributed by atoms with Crippen LogP contribution in [0.5, 0.6) is 0 Å². The summed E-state index contributed by atoms with van der Waals surface area (Å²) in [5.41, 5.74) is 0. The minimum absolute atomic E-state index is 0.466. The van der Waals surface area contributed by atoms with Gasteiger partial charge in [-0.1, -0.05) is 0 Å². The molecule has 0 fully saturated rings. The maximum Gasteiger partial charge on any atom is 0.417 e. The Bertz CT molecular complexity index is 95.0. The summed E-state index contributed by atoms with van der Waals surface area (Å²) in [5.74, 6) is 0. The number of hydrogen-bond acceptors (Lipinski definition) is 2. The van der Waals surface area contributed by atoms with E-state index in [9.17, 15) is 13.2 Å². The lowest BCUT2D eigenvalue weighted by molar-refractivity contribution is -0.197. The summed E-state index contributed by atoms with van der Waals surface area (Å²) < 4.78 is 43.4. The van der Waals surface area contributed by atoms with E-state index >= 15 is 0 Å². The van der Waals surface area contributed by atoms with Gasteiger partial charge in [0.25, 0.3) is 0 Å². The first-order chi connectivity index (χ1) is 4.52. The van der Waals surface area contributed by atoms with E-state index in [1.54, 1.807) is 0 Å². The van der Waals surface area contributed by atoms with Crippen LogP contribution in [0.4, 0.5) is 13.2 Å². The Balaban J connectivity index is 3.81. The third kappa shape index (κ3) is 3.57. The lowest BCUT2D eigenvalue weighted by Crippen LogP contribution is -2.33. The summed E-state index contributed by atoms with van der Waals surface area (Å²) in [5, 5.41) is 0. The Hall–Kier alpha value is 0.440. The van der Waals surface area contributed by atoms with Crippen LogP contribution >= 0.6 is 23.0 Å². The van der Waals surface area contributed by atoms with Gasteiger partial charge in [0, 0.05) is 7.11 Å². The summed E-state index contributed by atoms with van der Waals surface area (Å²) >= 11 is 1.20. The molecule has 0 bridgehead atoms. The van der Waals surface area contributed by atoms with Gasteiger partial charge >= 0.3 is 6.18 Å². The van der Waals surface area contributed by atoms with Crippen LogP contribution in [0.1, 0.15) is 0 Å². The first kappa shape index (κ1) is 10.4. The van der Waals surface area contributed by atoms with Gasteiger partial charge in [0.2, 0.25) is 0 Å². The molecule has 2 nitrogen and oxygen atoms in total. The second-order valence-corrected chi connectivity index (χ2v) is 2.08. The number of rotatable bonds is 3. The standard InChI is InChI=1S/C4H6F3IO2/c1-9-2-3(10-8)4(5,6)7/h3H,2H2,1H3/t3-/m1/s1. The number of alkyl halides is 3. The molecule has 0 unspecified atom stereocenters. The molecule has 0 aromatic heterocycles. The number of ether oxygens (including phenoxy) is 1. The first-order valence-corrected chi connectivity index (χ1v) is 3.23. The van der Waals surface area contributed by atoms with Crippen molar-refractivity contribution in [3.63, 3.8) is 0 Å². The molecule has 0 spiro atoms.